The van der Waals surface area contributed by atoms with Crippen molar-refractivity contribution in [2.45, 2.75) is 31.5 Å². The lowest BCUT2D eigenvalue weighted by atomic mass is 10.2. The maximum atomic E-state index is 11.8. The molecule has 0 saturated carbocycles. The van der Waals surface area contributed by atoms with Crippen LogP contribution in [0.3, 0.4) is 0 Å². The first kappa shape index (κ1) is 13.1. The largest absolute Gasteiger partial charge is 0.441 e. The van der Waals surface area contributed by atoms with Gasteiger partial charge in [-0.05, 0) is 32.0 Å². The molecule has 0 aliphatic rings. The molecule has 0 spiro atoms. The molecule has 2 rings (SSSR count). The van der Waals surface area contributed by atoms with Gasteiger partial charge in [0.1, 0.15) is 5.52 Å². The molecule has 0 aliphatic heterocycles. The number of benzene rings is 1. The number of anilines is 1. The summed E-state index contributed by atoms with van der Waals surface area (Å²) in [5, 5.41) is 2.83. The van der Waals surface area contributed by atoms with E-state index < -0.39 is 4.32 Å². The Labute approximate surface area is 114 Å². The van der Waals surface area contributed by atoms with Crippen molar-refractivity contribution in [3.63, 3.8) is 0 Å². The maximum Gasteiger partial charge on any atom is 0.240 e. The molecule has 0 bridgehead atoms. The van der Waals surface area contributed by atoms with Crippen LogP contribution in [-0.4, -0.2) is 15.2 Å². The summed E-state index contributed by atoms with van der Waals surface area (Å²) < 4.78 is 4.91. The highest BCUT2D eigenvalue weighted by atomic mass is 79.9. The zero-order valence-corrected chi connectivity index (χ0v) is 12.2. The van der Waals surface area contributed by atoms with Gasteiger partial charge in [-0.1, -0.05) is 22.9 Å². The van der Waals surface area contributed by atoms with Gasteiger partial charge in [0.2, 0.25) is 5.91 Å². The van der Waals surface area contributed by atoms with Gasteiger partial charge in [-0.3, -0.25) is 4.79 Å². The number of carbonyl (C=O) groups excluding carboxylic acids is 1. The van der Waals surface area contributed by atoms with E-state index in [4.69, 9.17) is 4.42 Å². The lowest BCUT2D eigenvalue weighted by Gasteiger charge is -2.15. The SMILES string of the molecule is CCc1nc2cc(NC(=O)C(C)(C)Br)ccc2o1. The minimum absolute atomic E-state index is 0.0962. The van der Waals surface area contributed by atoms with E-state index in [1.54, 1.807) is 13.8 Å². The summed E-state index contributed by atoms with van der Waals surface area (Å²) in [5.41, 5.74) is 2.22. The minimum atomic E-state index is -0.597. The second-order valence-electron chi connectivity index (χ2n) is 4.57. The van der Waals surface area contributed by atoms with Crippen LogP contribution in [0.1, 0.15) is 26.7 Å². The van der Waals surface area contributed by atoms with Crippen molar-refractivity contribution in [1.82, 2.24) is 4.98 Å². The third kappa shape index (κ3) is 2.72. The Hall–Kier alpha value is -1.36. The molecule has 0 saturated heterocycles. The van der Waals surface area contributed by atoms with Crippen LogP contribution in [0, 0.1) is 0 Å². The fourth-order valence-corrected chi connectivity index (χ4v) is 1.58. The fraction of sp³-hybridized carbons (Fsp3) is 0.385. The lowest BCUT2D eigenvalue weighted by molar-refractivity contribution is -0.117. The summed E-state index contributed by atoms with van der Waals surface area (Å²) in [6.07, 6.45) is 0.755. The Morgan fingerprint density at radius 2 is 2.22 bits per heavy atom. The van der Waals surface area contributed by atoms with E-state index in [1.807, 2.05) is 25.1 Å². The van der Waals surface area contributed by atoms with Crippen molar-refractivity contribution in [2.24, 2.45) is 0 Å². The molecule has 0 fully saturated rings. The molecule has 1 heterocycles. The van der Waals surface area contributed by atoms with Gasteiger partial charge < -0.3 is 9.73 Å². The quantitative estimate of drug-likeness (QED) is 0.883. The molecule has 0 radical (unpaired) electrons. The Morgan fingerprint density at radius 3 is 2.83 bits per heavy atom. The Morgan fingerprint density at radius 1 is 1.50 bits per heavy atom. The summed E-state index contributed by atoms with van der Waals surface area (Å²) in [6, 6.07) is 5.44. The van der Waals surface area contributed by atoms with E-state index >= 15 is 0 Å². The van der Waals surface area contributed by atoms with Gasteiger partial charge in [0.05, 0.1) is 4.32 Å². The molecule has 0 aliphatic carbocycles. The van der Waals surface area contributed by atoms with Crippen molar-refractivity contribution in [2.75, 3.05) is 5.32 Å². The number of aryl methyl sites for hydroxylation is 1. The van der Waals surface area contributed by atoms with Crippen LogP contribution in [-0.2, 0) is 11.2 Å². The maximum absolute atomic E-state index is 11.8. The van der Waals surface area contributed by atoms with Crippen molar-refractivity contribution in [3.05, 3.63) is 24.1 Å². The standard InChI is InChI=1S/C13H15BrN2O2/c1-4-11-16-9-7-8(5-6-10(9)18-11)15-12(17)13(2,3)14/h5-7H,4H2,1-3H3,(H,15,17). The zero-order chi connectivity index (χ0) is 13.3. The van der Waals surface area contributed by atoms with E-state index in [1.165, 1.54) is 0 Å². The van der Waals surface area contributed by atoms with E-state index in [-0.39, 0.29) is 5.91 Å². The zero-order valence-electron chi connectivity index (χ0n) is 10.6. The smallest absolute Gasteiger partial charge is 0.240 e. The summed E-state index contributed by atoms with van der Waals surface area (Å²) >= 11 is 3.32. The predicted molar refractivity (Wildman–Crippen MR) is 75.0 cm³/mol. The molecule has 5 heteroatoms. The first-order chi connectivity index (χ1) is 8.40. The van der Waals surface area contributed by atoms with E-state index in [9.17, 15) is 4.79 Å². The molecule has 0 atom stereocenters. The normalized spacial score (nSPS) is 11.8. The number of aromatic nitrogens is 1. The molecule has 1 N–H and O–H groups in total. The van der Waals surface area contributed by atoms with Crippen LogP contribution >= 0.6 is 15.9 Å². The van der Waals surface area contributed by atoms with Crippen molar-refractivity contribution < 1.29 is 9.21 Å². The fourth-order valence-electron chi connectivity index (χ4n) is 1.48. The molecular formula is C13H15BrN2O2. The van der Waals surface area contributed by atoms with Gasteiger partial charge >= 0.3 is 0 Å². The minimum Gasteiger partial charge on any atom is -0.441 e. The number of amides is 1. The van der Waals surface area contributed by atoms with E-state index in [2.05, 4.69) is 26.2 Å². The average Bonchev–Trinajstić information content (AvgIpc) is 2.69. The topological polar surface area (TPSA) is 55.1 Å². The molecule has 96 valence electrons. The summed E-state index contributed by atoms with van der Waals surface area (Å²) in [5.74, 6) is 0.607. The Bertz CT molecular complexity index is 584. The predicted octanol–water partition coefficient (Wildman–Crippen LogP) is 3.50. The number of nitrogens with zero attached hydrogens (tertiary/aromatic N) is 1. The summed E-state index contributed by atoms with van der Waals surface area (Å²) in [4.78, 5) is 16.2. The molecule has 18 heavy (non-hydrogen) atoms. The first-order valence-corrected chi connectivity index (χ1v) is 6.59. The van der Waals surface area contributed by atoms with Crippen molar-refractivity contribution in [3.8, 4) is 0 Å². The molecule has 2 aromatic rings. The number of fused-ring (bicyclic) bond motifs is 1. The number of hydrogen-bond donors (Lipinski definition) is 1. The number of rotatable bonds is 3. The second-order valence-corrected chi connectivity index (χ2v) is 6.55. The summed E-state index contributed by atoms with van der Waals surface area (Å²) in [6.45, 7) is 5.58. The van der Waals surface area contributed by atoms with Gasteiger partial charge in [-0.2, -0.15) is 0 Å². The molecule has 1 aromatic heterocycles. The second kappa shape index (κ2) is 4.72. The highest BCUT2D eigenvalue weighted by Gasteiger charge is 2.23. The van der Waals surface area contributed by atoms with Crippen LogP contribution in [0.2, 0.25) is 0 Å². The van der Waals surface area contributed by atoms with Crippen LogP contribution in [0.4, 0.5) is 5.69 Å². The molecule has 4 nitrogen and oxygen atoms in total. The number of alkyl halides is 1. The highest BCUT2D eigenvalue weighted by molar-refractivity contribution is 9.10. The number of carbonyl (C=O) groups is 1. The monoisotopic (exact) mass is 310 g/mol. The number of halogens is 1. The highest BCUT2D eigenvalue weighted by Crippen LogP contribution is 2.23. The third-order valence-corrected chi connectivity index (χ3v) is 2.89. The van der Waals surface area contributed by atoms with Crippen LogP contribution < -0.4 is 5.32 Å². The van der Waals surface area contributed by atoms with Crippen LogP contribution in [0.25, 0.3) is 11.1 Å². The van der Waals surface area contributed by atoms with Gasteiger partial charge in [-0.15, -0.1) is 0 Å². The Kier molecular flexibility index (Phi) is 3.43. The van der Waals surface area contributed by atoms with Crippen molar-refractivity contribution in [1.29, 1.82) is 0 Å². The van der Waals surface area contributed by atoms with Gasteiger partial charge in [-0.25, -0.2) is 4.98 Å². The average molecular weight is 311 g/mol. The van der Waals surface area contributed by atoms with Crippen LogP contribution in [0.15, 0.2) is 22.6 Å². The van der Waals surface area contributed by atoms with Gasteiger partial charge in [0.15, 0.2) is 11.5 Å². The Balaban J connectivity index is 2.27. The molecule has 1 amide bonds. The van der Waals surface area contributed by atoms with Gasteiger partial charge in [0.25, 0.3) is 0 Å². The number of hydrogen-bond acceptors (Lipinski definition) is 3. The van der Waals surface area contributed by atoms with E-state index in [0.717, 1.165) is 23.2 Å². The van der Waals surface area contributed by atoms with Crippen LogP contribution in [0.5, 0.6) is 0 Å². The number of nitrogens with one attached hydrogen (secondary N) is 1. The molecule has 0 unspecified atom stereocenters. The molecule has 1 aromatic carbocycles. The first-order valence-electron chi connectivity index (χ1n) is 5.80. The third-order valence-electron chi connectivity index (χ3n) is 2.53. The molecular weight excluding hydrogens is 296 g/mol. The van der Waals surface area contributed by atoms with Gasteiger partial charge in [0, 0.05) is 12.1 Å². The summed E-state index contributed by atoms with van der Waals surface area (Å²) in [7, 11) is 0. The van der Waals surface area contributed by atoms with E-state index in [0.29, 0.717) is 5.89 Å². The number of oxazole rings is 1. The van der Waals surface area contributed by atoms with Crippen molar-refractivity contribution >= 4 is 38.6 Å². The lowest BCUT2D eigenvalue weighted by Crippen LogP contribution is -2.30.